The van der Waals surface area contributed by atoms with Crippen molar-refractivity contribution in [2.45, 2.75) is 24.7 Å². The highest BCUT2D eigenvalue weighted by Crippen LogP contribution is 2.31. The monoisotopic (exact) mass is 323 g/mol. The molecule has 1 atom stereocenters. The summed E-state index contributed by atoms with van der Waals surface area (Å²) in [6.07, 6.45) is 1.66. The Morgan fingerprint density at radius 2 is 2.10 bits per heavy atom. The molecule has 0 bridgehead atoms. The molecule has 0 saturated heterocycles. The van der Waals surface area contributed by atoms with Crippen molar-refractivity contribution in [3.05, 3.63) is 34.3 Å². The van der Waals surface area contributed by atoms with Gasteiger partial charge in [-0.15, -0.1) is 11.3 Å². The summed E-state index contributed by atoms with van der Waals surface area (Å²) in [4.78, 5) is 6.22. The summed E-state index contributed by atoms with van der Waals surface area (Å²) < 4.78 is 23.7. The van der Waals surface area contributed by atoms with Crippen LogP contribution in [0.1, 0.15) is 17.0 Å². The summed E-state index contributed by atoms with van der Waals surface area (Å²) in [5.74, 6) is 2.04. The summed E-state index contributed by atoms with van der Waals surface area (Å²) in [5, 5.41) is 0. The first-order valence-electron chi connectivity index (χ1n) is 6.91. The van der Waals surface area contributed by atoms with Gasteiger partial charge < -0.3 is 9.47 Å². The third kappa shape index (κ3) is 3.44. The fourth-order valence-electron chi connectivity index (χ4n) is 2.15. The van der Waals surface area contributed by atoms with Crippen molar-refractivity contribution in [3.63, 3.8) is 0 Å². The quantitative estimate of drug-likeness (QED) is 0.868. The van der Waals surface area contributed by atoms with Gasteiger partial charge in [-0.25, -0.2) is 4.98 Å². The minimum atomic E-state index is -1.04. The third-order valence-electron chi connectivity index (χ3n) is 3.34. The fourth-order valence-corrected chi connectivity index (χ4v) is 4.15. The number of rotatable bonds is 4. The molecule has 1 aliphatic heterocycles. The van der Waals surface area contributed by atoms with Crippen LogP contribution in [-0.4, -0.2) is 28.2 Å². The topological polar surface area (TPSA) is 48.4 Å². The maximum absolute atomic E-state index is 12.4. The van der Waals surface area contributed by atoms with E-state index in [4.69, 9.17) is 9.47 Å². The van der Waals surface area contributed by atoms with Crippen LogP contribution in [0.4, 0.5) is 0 Å². The molecule has 1 aliphatic rings. The molecule has 4 nitrogen and oxygen atoms in total. The van der Waals surface area contributed by atoms with Crippen molar-refractivity contribution in [2.24, 2.45) is 0 Å². The largest absolute Gasteiger partial charge is 0.490 e. The van der Waals surface area contributed by atoms with E-state index in [1.165, 1.54) is 4.88 Å². The summed E-state index contributed by atoms with van der Waals surface area (Å²) >= 11 is 1.62. The van der Waals surface area contributed by atoms with Crippen molar-refractivity contribution >= 4 is 22.1 Å². The average Bonchev–Trinajstić information content (AvgIpc) is 2.76. The van der Waals surface area contributed by atoms with E-state index in [9.17, 15) is 4.21 Å². The Balaban J connectivity index is 1.70. The zero-order chi connectivity index (χ0) is 14.7. The molecule has 0 unspecified atom stereocenters. The van der Waals surface area contributed by atoms with E-state index in [2.05, 4.69) is 4.98 Å². The highest BCUT2D eigenvalue weighted by Gasteiger charge is 2.14. The van der Waals surface area contributed by atoms with Crippen LogP contribution < -0.4 is 9.47 Å². The van der Waals surface area contributed by atoms with E-state index in [1.54, 1.807) is 11.3 Å². The predicted molar refractivity (Wildman–Crippen MR) is 83.9 cm³/mol. The molecule has 112 valence electrons. The molecule has 6 heteroatoms. The number of fused-ring (bicyclic) bond motifs is 1. The van der Waals surface area contributed by atoms with Crippen LogP contribution in [0, 0.1) is 6.92 Å². The van der Waals surface area contributed by atoms with E-state index >= 15 is 0 Å². The Bertz CT molecular complexity index is 654. The molecule has 0 fully saturated rings. The standard InChI is InChI=1S/C15H17NO3S2/c1-11-15(20-10-16-11)5-8-21(17)12-3-4-13-14(9-12)19-7-2-6-18-13/h3-4,9-10H,2,5-8H2,1H3/t21-/m0/s1. The van der Waals surface area contributed by atoms with Crippen molar-refractivity contribution in [1.29, 1.82) is 0 Å². The number of benzene rings is 1. The van der Waals surface area contributed by atoms with E-state index in [1.807, 2.05) is 30.6 Å². The summed E-state index contributed by atoms with van der Waals surface area (Å²) in [5.41, 5.74) is 2.87. The number of hydrogen-bond donors (Lipinski definition) is 0. The first-order valence-corrected chi connectivity index (χ1v) is 9.11. The molecule has 0 amide bonds. The van der Waals surface area contributed by atoms with E-state index in [0.29, 0.717) is 24.7 Å². The highest BCUT2D eigenvalue weighted by molar-refractivity contribution is 7.85. The van der Waals surface area contributed by atoms with Crippen LogP contribution in [0.15, 0.2) is 28.6 Å². The first-order chi connectivity index (χ1) is 10.2. The normalized spacial score (nSPS) is 15.5. The van der Waals surface area contributed by atoms with Gasteiger partial charge >= 0.3 is 0 Å². The van der Waals surface area contributed by atoms with Gasteiger partial charge in [-0.2, -0.15) is 0 Å². The summed E-state index contributed by atoms with van der Waals surface area (Å²) in [6, 6.07) is 5.56. The zero-order valence-corrected chi connectivity index (χ0v) is 13.5. The molecule has 2 heterocycles. The maximum atomic E-state index is 12.4. The number of hydrogen-bond acceptors (Lipinski definition) is 5. The molecule has 3 rings (SSSR count). The molecule has 2 aromatic rings. The smallest absolute Gasteiger partial charge is 0.162 e. The molecule has 1 aromatic heterocycles. The Hall–Kier alpha value is -1.40. The van der Waals surface area contributed by atoms with E-state index in [-0.39, 0.29) is 0 Å². The van der Waals surface area contributed by atoms with E-state index in [0.717, 1.165) is 29.2 Å². The molecule has 21 heavy (non-hydrogen) atoms. The van der Waals surface area contributed by atoms with Crippen LogP contribution in [0.25, 0.3) is 0 Å². The Morgan fingerprint density at radius 1 is 1.29 bits per heavy atom. The van der Waals surface area contributed by atoms with Gasteiger partial charge in [-0.3, -0.25) is 4.21 Å². The van der Waals surface area contributed by atoms with Gasteiger partial charge in [0.2, 0.25) is 0 Å². The van der Waals surface area contributed by atoms with Gasteiger partial charge in [0.1, 0.15) is 0 Å². The second-order valence-electron chi connectivity index (χ2n) is 4.82. The molecule has 0 aliphatic carbocycles. The number of aromatic nitrogens is 1. The molecular formula is C15H17NO3S2. The van der Waals surface area contributed by atoms with Crippen LogP contribution >= 0.6 is 11.3 Å². The van der Waals surface area contributed by atoms with Gasteiger partial charge in [-0.05, 0) is 25.5 Å². The molecular weight excluding hydrogens is 306 g/mol. The second-order valence-corrected chi connectivity index (χ2v) is 7.33. The highest BCUT2D eigenvalue weighted by atomic mass is 32.2. The van der Waals surface area contributed by atoms with Gasteiger partial charge in [0, 0.05) is 28.0 Å². The molecule has 0 N–H and O–H groups in total. The number of nitrogens with zero attached hydrogens (tertiary/aromatic N) is 1. The average molecular weight is 323 g/mol. The molecule has 0 spiro atoms. The number of thiazole rings is 1. The SMILES string of the molecule is Cc1ncsc1CC[S@](=O)c1ccc2c(c1)OCCCO2. The van der Waals surface area contributed by atoms with Crippen molar-refractivity contribution in [2.75, 3.05) is 19.0 Å². The van der Waals surface area contributed by atoms with Crippen LogP contribution in [0.2, 0.25) is 0 Å². The molecule has 0 radical (unpaired) electrons. The van der Waals surface area contributed by atoms with Crippen molar-refractivity contribution in [3.8, 4) is 11.5 Å². The zero-order valence-electron chi connectivity index (χ0n) is 11.8. The number of aryl methyl sites for hydroxylation is 2. The minimum absolute atomic E-state index is 0.600. The lowest BCUT2D eigenvalue weighted by Crippen LogP contribution is -2.02. The minimum Gasteiger partial charge on any atom is -0.490 e. The first kappa shape index (κ1) is 14.5. The van der Waals surface area contributed by atoms with Crippen LogP contribution in [0.3, 0.4) is 0 Å². The lowest BCUT2D eigenvalue weighted by atomic mass is 10.3. The van der Waals surface area contributed by atoms with Gasteiger partial charge in [0.05, 0.1) is 35.2 Å². The Kier molecular flexibility index (Phi) is 4.55. The molecule has 0 saturated carbocycles. The Labute approximate surface area is 130 Å². The number of ether oxygens (including phenoxy) is 2. The maximum Gasteiger partial charge on any atom is 0.162 e. The van der Waals surface area contributed by atoms with Crippen LogP contribution in [-0.2, 0) is 17.2 Å². The van der Waals surface area contributed by atoms with E-state index < -0.39 is 10.8 Å². The Morgan fingerprint density at radius 3 is 2.86 bits per heavy atom. The van der Waals surface area contributed by atoms with Gasteiger partial charge in [0.25, 0.3) is 0 Å². The molecule has 1 aromatic carbocycles. The van der Waals surface area contributed by atoms with Crippen molar-refractivity contribution < 1.29 is 13.7 Å². The van der Waals surface area contributed by atoms with Crippen molar-refractivity contribution in [1.82, 2.24) is 4.98 Å². The lowest BCUT2D eigenvalue weighted by Gasteiger charge is -2.09. The van der Waals surface area contributed by atoms with Crippen LogP contribution in [0.5, 0.6) is 11.5 Å². The fraction of sp³-hybridized carbons (Fsp3) is 0.400. The predicted octanol–water partition coefficient (Wildman–Crippen LogP) is 2.96. The van der Waals surface area contributed by atoms with Gasteiger partial charge in [-0.1, -0.05) is 0 Å². The third-order valence-corrected chi connectivity index (χ3v) is 5.69. The van der Waals surface area contributed by atoms with Gasteiger partial charge in [0.15, 0.2) is 11.5 Å². The second kappa shape index (κ2) is 6.58. The summed E-state index contributed by atoms with van der Waals surface area (Å²) in [7, 11) is -1.04. The lowest BCUT2D eigenvalue weighted by molar-refractivity contribution is 0.297. The summed E-state index contributed by atoms with van der Waals surface area (Å²) in [6.45, 7) is 3.30.